The van der Waals surface area contributed by atoms with E-state index in [2.05, 4.69) is 158 Å². The van der Waals surface area contributed by atoms with Crippen molar-refractivity contribution in [2.45, 2.75) is 0 Å². The van der Waals surface area contributed by atoms with Crippen LogP contribution in [0.15, 0.2) is 158 Å². The number of benzene rings is 6. The summed E-state index contributed by atoms with van der Waals surface area (Å²) in [7, 11) is -9.89. The third kappa shape index (κ3) is 10.3. The minimum atomic E-state index is -4.94. The Hall–Kier alpha value is -4.42. The summed E-state index contributed by atoms with van der Waals surface area (Å²) < 4.78 is 67.9. The molecule has 0 saturated heterocycles. The zero-order valence-electron chi connectivity index (χ0n) is 24.0. The van der Waals surface area contributed by atoms with Crippen LogP contribution in [0.5, 0.6) is 0 Å². The standard InChI is InChI=1S/C36H26.2ClHO4/c1-5-15-27(16-6-1)34(28-17-7-2-8-18-28)32-25-13-23-31-24-14-26-33(36(31)32)35(29-19-9-3-10-20-29)30-21-11-4-12-22-30;2*2-1(3,4)5/h1-26H;2*(H,2,3,4,5)/q+2;;/p-2. The summed E-state index contributed by atoms with van der Waals surface area (Å²) in [4.78, 5) is 0. The molecule has 0 N–H and O–H groups in total. The van der Waals surface area contributed by atoms with Gasteiger partial charge in [0.1, 0.15) is 0 Å². The molecule has 8 nitrogen and oxygen atoms in total. The maximum Gasteiger partial charge on any atom is 0.0638 e. The molecule has 0 heterocycles. The molecule has 0 radical (unpaired) electrons. The SMILES string of the molecule is [O-][Cl+3]([O-])([O-])[O-].[O-][Cl+3]([O-])([O-])[O-].c1ccc([C+](c2ccccc2)c2cccc3cccc([C+](c4ccccc4)c4ccccc4)c23)cc1. The van der Waals surface area contributed by atoms with Crippen LogP contribution in [0.4, 0.5) is 0 Å². The summed E-state index contributed by atoms with van der Waals surface area (Å²) in [6.45, 7) is 0. The van der Waals surface area contributed by atoms with E-state index in [1.54, 1.807) is 0 Å². The first kappa shape index (κ1) is 34.5. The van der Waals surface area contributed by atoms with Crippen LogP contribution in [0.25, 0.3) is 10.8 Å². The van der Waals surface area contributed by atoms with Crippen LogP contribution < -0.4 is 37.3 Å². The molecule has 6 aromatic carbocycles. The Kier molecular flexibility index (Phi) is 11.8. The number of rotatable bonds is 6. The molecule has 232 valence electrons. The van der Waals surface area contributed by atoms with Gasteiger partial charge >= 0.3 is 0 Å². The third-order valence-electron chi connectivity index (χ3n) is 6.69. The van der Waals surface area contributed by atoms with Crippen molar-refractivity contribution >= 4 is 10.8 Å². The average molecular weight is 658 g/mol. The highest BCUT2D eigenvalue weighted by molar-refractivity contribution is 5.95. The molecule has 6 aromatic rings. The summed E-state index contributed by atoms with van der Waals surface area (Å²) >= 11 is 0. The van der Waals surface area contributed by atoms with Gasteiger partial charge in [0.25, 0.3) is 0 Å². The van der Waals surface area contributed by atoms with Crippen LogP contribution in [0.1, 0.15) is 33.4 Å². The first-order valence-corrected chi connectivity index (χ1v) is 16.1. The monoisotopic (exact) mass is 656 g/mol. The minimum absolute atomic E-state index is 1.21. The predicted molar refractivity (Wildman–Crippen MR) is 151 cm³/mol. The van der Waals surface area contributed by atoms with E-state index in [0.717, 1.165) is 0 Å². The molecule has 0 unspecified atom stereocenters. The van der Waals surface area contributed by atoms with E-state index in [9.17, 15) is 0 Å². The fourth-order valence-corrected chi connectivity index (χ4v) is 5.13. The Labute approximate surface area is 270 Å². The van der Waals surface area contributed by atoms with Crippen molar-refractivity contribution in [3.8, 4) is 0 Å². The number of fused-ring (bicyclic) bond motifs is 1. The lowest BCUT2D eigenvalue weighted by Gasteiger charge is -2.20. The molecule has 0 amide bonds. The molecule has 0 bridgehead atoms. The van der Waals surface area contributed by atoms with Crippen molar-refractivity contribution in [2.24, 2.45) is 0 Å². The maximum absolute atomic E-state index is 8.49. The largest absolute Gasteiger partial charge is 0.222 e. The Bertz CT molecular complexity index is 1560. The van der Waals surface area contributed by atoms with E-state index in [4.69, 9.17) is 37.3 Å². The van der Waals surface area contributed by atoms with Gasteiger partial charge in [0.05, 0.1) is 50.6 Å². The topological polar surface area (TPSA) is 184 Å². The zero-order valence-corrected chi connectivity index (χ0v) is 25.5. The van der Waals surface area contributed by atoms with Crippen LogP contribution in [0, 0.1) is 32.3 Å². The molecule has 0 aliphatic heterocycles. The molecule has 0 saturated carbocycles. The first-order valence-electron chi connectivity index (χ1n) is 13.6. The van der Waals surface area contributed by atoms with E-state index >= 15 is 0 Å². The molecule has 0 aliphatic carbocycles. The number of halogens is 2. The van der Waals surface area contributed by atoms with Gasteiger partial charge in [-0.05, 0) is 133 Å². The Morgan fingerprint density at radius 3 is 0.783 bits per heavy atom. The highest BCUT2D eigenvalue weighted by Gasteiger charge is 2.30. The second-order valence-electron chi connectivity index (χ2n) is 9.68. The van der Waals surface area contributed by atoms with Gasteiger partial charge in [-0.25, -0.2) is 37.3 Å². The maximum atomic E-state index is 8.49. The van der Waals surface area contributed by atoms with Gasteiger partial charge in [-0.2, -0.15) is 0 Å². The van der Waals surface area contributed by atoms with Crippen molar-refractivity contribution in [1.82, 2.24) is 0 Å². The fourth-order valence-electron chi connectivity index (χ4n) is 5.13. The van der Waals surface area contributed by atoms with E-state index in [0.29, 0.717) is 0 Å². The molecular weight excluding hydrogens is 631 g/mol. The van der Waals surface area contributed by atoms with Gasteiger partial charge < -0.3 is 0 Å². The number of hydrogen-bond acceptors (Lipinski definition) is 8. The lowest BCUT2D eigenvalue weighted by molar-refractivity contribution is -2.00. The van der Waals surface area contributed by atoms with Crippen molar-refractivity contribution < 1.29 is 57.8 Å². The normalized spacial score (nSPS) is 11.0. The first-order chi connectivity index (χ1) is 21.9. The van der Waals surface area contributed by atoms with Crippen molar-refractivity contribution in [3.63, 3.8) is 0 Å². The second-order valence-corrected chi connectivity index (χ2v) is 11.2. The van der Waals surface area contributed by atoms with E-state index < -0.39 is 20.5 Å². The van der Waals surface area contributed by atoms with E-state index in [1.807, 2.05) is 0 Å². The Balaban J connectivity index is 0.000000421. The quantitative estimate of drug-likeness (QED) is 0.167. The lowest BCUT2D eigenvalue weighted by atomic mass is 9.77. The molecule has 0 aromatic heterocycles. The van der Waals surface area contributed by atoms with E-state index in [-0.39, 0.29) is 0 Å². The summed E-state index contributed by atoms with van der Waals surface area (Å²) in [6.07, 6.45) is 0. The Morgan fingerprint density at radius 1 is 0.304 bits per heavy atom. The number of hydrogen-bond donors (Lipinski definition) is 0. The van der Waals surface area contributed by atoms with Crippen LogP contribution in [0.3, 0.4) is 0 Å². The third-order valence-corrected chi connectivity index (χ3v) is 6.69. The summed E-state index contributed by atoms with van der Waals surface area (Å²) in [5.41, 5.74) is 7.34. The molecule has 10 heteroatoms. The molecule has 0 aliphatic rings. The van der Waals surface area contributed by atoms with Gasteiger partial charge in [-0.3, -0.25) is 0 Å². The van der Waals surface area contributed by atoms with Gasteiger partial charge in [-0.15, -0.1) is 20.5 Å². The van der Waals surface area contributed by atoms with Gasteiger partial charge in [-0.1, -0.05) is 24.3 Å². The van der Waals surface area contributed by atoms with Gasteiger partial charge in [0.2, 0.25) is 0 Å². The van der Waals surface area contributed by atoms with Gasteiger partial charge in [0, 0.05) is 5.39 Å². The highest BCUT2D eigenvalue weighted by atomic mass is 35.7. The van der Waals surface area contributed by atoms with E-state index in [1.165, 1.54) is 56.0 Å². The summed E-state index contributed by atoms with van der Waals surface area (Å²) in [6, 6.07) is 56.3. The Morgan fingerprint density at radius 2 is 0.543 bits per heavy atom. The summed E-state index contributed by atoms with van der Waals surface area (Å²) in [5, 5.41) is 2.50. The summed E-state index contributed by atoms with van der Waals surface area (Å²) in [5.74, 6) is 2.49. The molecule has 46 heavy (non-hydrogen) atoms. The molecule has 0 atom stereocenters. The molecule has 0 fully saturated rings. The van der Waals surface area contributed by atoms with Crippen LogP contribution in [-0.2, 0) is 0 Å². The van der Waals surface area contributed by atoms with Crippen molar-refractivity contribution in [3.05, 3.63) is 203 Å². The van der Waals surface area contributed by atoms with Crippen LogP contribution in [-0.4, -0.2) is 0 Å². The zero-order chi connectivity index (χ0) is 33.2. The molecule has 0 spiro atoms. The molecular formula is C36H26Cl2O8. The lowest BCUT2D eigenvalue weighted by Crippen LogP contribution is -2.68. The average Bonchev–Trinajstić information content (AvgIpc) is 3.02. The second kappa shape index (κ2) is 15.7. The van der Waals surface area contributed by atoms with Crippen molar-refractivity contribution in [1.29, 1.82) is 0 Å². The van der Waals surface area contributed by atoms with Crippen LogP contribution >= 0.6 is 0 Å². The minimum Gasteiger partial charge on any atom is -0.222 e. The van der Waals surface area contributed by atoms with Crippen LogP contribution in [0.2, 0.25) is 0 Å². The highest BCUT2D eigenvalue weighted by Crippen LogP contribution is 2.41. The van der Waals surface area contributed by atoms with Gasteiger partial charge in [0.15, 0.2) is 0 Å². The smallest absolute Gasteiger partial charge is 0.0638 e. The fraction of sp³-hybridized carbons (Fsp3) is 0. The molecule has 6 rings (SSSR count). The predicted octanol–water partition coefficient (Wildman–Crippen LogP) is -0.634. The van der Waals surface area contributed by atoms with Crippen molar-refractivity contribution in [2.75, 3.05) is 0 Å².